The molecule has 1 aliphatic rings. The van der Waals surface area contributed by atoms with Gasteiger partial charge in [-0.3, -0.25) is 14.5 Å². The fraction of sp³-hybridized carbons (Fsp3) is 0.857. The van der Waals surface area contributed by atoms with Crippen LogP contribution in [-0.4, -0.2) is 60.4 Å². The number of hydrogen-bond donors (Lipinski definition) is 1. The van der Waals surface area contributed by atoms with Crippen LogP contribution in [0.5, 0.6) is 0 Å². The molecule has 1 heterocycles. The molecule has 1 N–H and O–H groups in total. The van der Waals surface area contributed by atoms with Crippen LogP contribution in [0.15, 0.2) is 0 Å². The summed E-state index contributed by atoms with van der Waals surface area (Å²) in [6.45, 7) is 10.6. The topological polar surface area (TPSA) is 52.7 Å². The number of carbonyl (C=O) groups is 2. The van der Waals surface area contributed by atoms with Gasteiger partial charge in [-0.2, -0.15) is 0 Å². The van der Waals surface area contributed by atoms with E-state index in [2.05, 4.69) is 24.1 Å². The van der Waals surface area contributed by atoms with E-state index in [1.165, 1.54) is 4.90 Å². The molecule has 0 aromatic heterocycles. The van der Waals surface area contributed by atoms with Crippen molar-refractivity contribution in [2.75, 3.05) is 32.7 Å². The highest BCUT2D eigenvalue weighted by Crippen LogP contribution is 2.13. The molecule has 1 saturated heterocycles. The summed E-state index contributed by atoms with van der Waals surface area (Å²) in [4.78, 5) is 27.4. The lowest BCUT2D eigenvalue weighted by Crippen LogP contribution is -2.42. The van der Waals surface area contributed by atoms with Crippen molar-refractivity contribution >= 4 is 11.8 Å². The number of nitrogens with one attached hydrogen (secondary N) is 1. The van der Waals surface area contributed by atoms with E-state index in [-0.39, 0.29) is 17.9 Å². The quantitative estimate of drug-likeness (QED) is 0.630. The van der Waals surface area contributed by atoms with E-state index in [1.807, 2.05) is 6.92 Å². The monoisotopic (exact) mass is 269 g/mol. The summed E-state index contributed by atoms with van der Waals surface area (Å²) in [5.74, 6) is -0.0874. The van der Waals surface area contributed by atoms with Gasteiger partial charge in [0.05, 0.1) is 12.5 Å². The summed E-state index contributed by atoms with van der Waals surface area (Å²) in [6, 6.07) is -0.306. The van der Waals surface area contributed by atoms with Crippen molar-refractivity contribution in [3.63, 3.8) is 0 Å². The lowest BCUT2D eigenvalue weighted by atomic mass is 10.2. The Kier molecular flexibility index (Phi) is 7.02. The average Bonchev–Trinajstić information content (AvgIpc) is 2.66. The Balaban J connectivity index is 2.34. The third-order valence-electron chi connectivity index (χ3n) is 3.50. The number of hydrogen-bond acceptors (Lipinski definition) is 4. The highest BCUT2D eigenvalue weighted by molar-refractivity contribution is 6.05. The Hall–Kier alpha value is -0.940. The molecule has 0 aliphatic carbocycles. The van der Waals surface area contributed by atoms with Crippen molar-refractivity contribution in [1.29, 1.82) is 0 Å². The number of imide groups is 1. The van der Waals surface area contributed by atoms with Crippen molar-refractivity contribution < 1.29 is 9.59 Å². The van der Waals surface area contributed by atoms with Crippen LogP contribution in [0.1, 0.15) is 40.0 Å². The Morgan fingerprint density at radius 2 is 1.95 bits per heavy atom. The zero-order valence-electron chi connectivity index (χ0n) is 12.4. The average molecular weight is 269 g/mol. The molecule has 2 amide bonds. The molecule has 0 spiro atoms. The minimum atomic E-state index is -0.306. The first-order valence-corrected chi connectivity index (χ1v) is 7.43. The predicted octanol–water partition coefficient (Wildman–Crippen LogP) is 0.845. The largest absolute Gasteiger partial charge is 0.304 e. The van der Waals surface area contributed by atoms with E-state index in [4.69, 9.17) is 0 Å². The van der Waals surface area contributed by atoms with Gasteiger partial charge in [0.15, 0.2) is 0 Å². The SMILES string of the molecule is CCCN(CC)CCNC1CC(=O)N(CCC)C1=O. The molecule has 1 fully saturated rings. The summed E-state index contributed by atoms with van der Waals surface area (Å²) in [6.07, 6.45) is 2.28. The van der Waals surface area contributed by atoms with Crippen LogP contribution in [0.2, 0.25) is 0 Å². The zero-order chi connectivity index (χ0) is 14.3. The minimum Gasteiger partial charge on any atom is -0.304 e. The second kappa shape index (κ2) is 8.27. The molecule has 0 aromatic carbocycles. The van der Waals surface area contributed by atoms with Crippen LogP contribution < -0.4 is 5.32 Å². The summed E-state index contributed by atoms with van der Waals surface area (Å²) in [7, 11) is 0. The molecule has 1 unspecified atom stereocenters. The molecule has 110 valence electrons. The Morgan fingerprint density at radius 1 is 1.21 bits per heavy atom. The zero-order valence-corrected chi connectivity index (χ0v) is 12.4. The van der Waals surface area contributed by atoms with Crippen molar-refractivity contribution in [3.05, 3.63) is 0 Å². The first-order chi connectivity index (χ1) is 9.13. The smallest absolute Gasteiger partial charge is 0.246 e. The first kappa shape index (κ1) is 16.1. The maximum atomic E-state index is 12.0. The molecule has 0 aromatic rings. The van der Waals surface area contributed by atoms with Crippen LogP contribution in [-0.2, 0) is 9.59 Å². The highest BCUT2D eigenvalue weighted by Gasteiger charge is 2.37. The number of likely N-dealkylation sites (N-methyl/N-ethyl adjacent to an activating group) is 1. The Labute approximate surface area is 116 Å². The fourth-order valence-electron chi connectivity index (χ4n) is 2.44. The van der Waals surface area contributed by atoms with Crippen molar-refractivity contribution in [2.45, 2.75) is 46.1 Å². The van der Waals surface area contributed by atoms with Gasteiger partial charge < -0.3 is 10.2 Å². The molecule has 1 rings (SSSR count). The van der Waals surface area contributed by atoms with Gasteiger partial charge in [-0.15, -0.1) is 0 Å². The standard InChI is InChI=1S/C14H27N3O2/c1-4-8-16(6-3)10-7-15-12-11-13(18)17(9-5-2)14(12)19/h12,15H,4-11H2,1-3H3. The molecule has 0 saturated carbocycles. The first-order valence-electron chi connectivity index (χ1n) is 7.43. The van der Waals surface area contributed by atoms with Gasteiger partial charge >= 0.3 is 0 Å². The Bertz CT molecular complexity index is 307. The van der Waals surface area contributed by atoms with Gasteiger partial charge in [0.25, 0.3) is 0 Å². The van der Waals surface area contributed by atoms with E-state index in [0.717, 1.165) is 39.0 Å². The van der Waals surface area contributed by atoms with Crippen LogP contribution in [0, 0.1) is 0 Å². The molecule has 0 radical (unpaired) electrons. The molecular formula is C14H27N3O2. The number of carbonyl (C=O) groups excluding carboxylic acids is 2. The predicted molar refractivity (Wildman–Crippen MR) is 75.8 cm³/mol. The van der Waals surface area contributed by atoms with E-state index >= 15 is 0 Å². The van der Waals surface area contributed by atoms with E-state index in [9.17, 15) is 9.59 Å². The van der Waals surface area contributed by atoms with Crippen molar-refractivity contribution in [1.82, 2.24) is 15.1 Å². The number of rotatable bonds is 9. The van der Waals surface area contributed by atoms with Crippen LogP contribution in [0.3, 0.4) is 0 Å². The summed E-state index contributed by atoms with van der Waals surface area (Å²) in [5.41, 5.74) is 0. The molecule has 0 bridgehead atoms. The third-order valence-corrected chi connectivity index (χ3v) is 3.50. The summed E-state index contributed by atoms with van der Waals surface area (Å²) >= 11 is 0. The second-order valence-corrected chi connectivity index (χ2v) is 5.03. The van der Waals surface area contributed by atoms with Gasteiger partial charge in [-0.05, 0) is 25.9 Å². The molecule has 1 aliphatic heterocycles. The minimum absolute atomic E-state index is 0.0368. The maximum Gasteiger partial charge on any atom is 0.246 e. The van der Waals surface area contributed by atoms with Crippen molar-refractivity contribution in [2.24, 2.45) is 0 Å². The van der Waals surface area contributed by atoms with Gasteiger partial charge in [0.1, 0.15) is 0 Å². The van der Waals surface area contributed by atoms with Crippen LogP contribution >= 0.6 is 0 Å². The fourth-order valence-corrected chi connectivity index (χ4v) is 2.44. The van der Waals surface area contributed by atoms with Gasteiger partial charge in [0, 0.05) is 19.6 Å². The molecule has 5 heteroatoms. The lowest BCUT2D eigenvalue weighted by molar-refractivity contribution is -0.138. The van der Waals surface area contributed by atoms with Crippen LogP contribution in [0.4, 0.5) is 0 Å². The second-order valence-electron chi connectivity index (χ2n) is 5.03. The molecule has 19 heavy (non-hydrogen) atoms. The highest BCUT2D eigenvalue weighted by atomic mass is 16.2. The van der Waals surface area contributed by atoms with Gasteiger partial charge in [-0.1, -0.05) is 20.8 Å². The van der Waals surface area contributed by atoms with Crippen LogP contribution in [0.25, 0.3) is 0 Å². The van der Waals surface area contributed by atoms with E-state index in [0.29, 0.717) is 13.0 Å². The summed E-state index contributed by atoms with van der Waals surface area (Å²) in [5, 5.41) is 3.22. The summed E-state index contributed by atoms with van der Waals surface area (Å²) < 4.78 is 0. The lowest BCUT2D eigenvalue weighted by Gasteiger charge is -2.20. The number of nitrogens with zero attached hydrogens (tertiary/aromatic N) is 2. The number of amides is 2. The van der Waals surface area contributed by atoms with Gasteiger partial charge in [0.2, 0.25) is 11.8 Å². The van der Waals surface area contributed by atoms with E-state index < -0.39 is 0 Å². The normalized spacial score (nSPS) is 19.8. The van der Waals surface area contributed by atoms with Gasteiger partial charge in [-0.25, -0.2) is 0 Å². The molecule has 5 nitrogen and oxygen atoms in total. The van der Waals surface area contributed by atoms with E-state index in [1.54, 1.807) is 0 Å². The molecular weight excluding hydrogens is 242 g/mol. The molecule has 1 atom stereocenters. The maximum absolute atomic E-state index is 12.0. The Morgan fingerprint density at radius 3 is 2.53 bits per heavy atom. The number of likely N-dealkylation sites (tertiary alicyclic amines) is 1. The third kappa shape index (κ3) is 4.58. The van der Waals surface area contributed by atoms with Crippen molar-refractivity contribution in [3.8, 4) is 0 Å².